The number of nitrogens with one attached hydrogen (secondary N) is 1. The van der Waals surface area contributed by atoms with E-state index in [1.165, 1.54) is 25.7 Å². The Morgan fingerprint density at radius 2 is 2.18 bits per heavy atom. The van der Waals surface area contributed by atoms with E-state index in [2.05, 4.69) is 10.2 Å². The van der Waals surface area contributed by atoms with Gasteiger partial charge in [0.05, 0.1) is 19.3 Å². The monoisotopic (exact) mass is 241 g/mol. The standard InChI is InChI=1S/C12H23N3O2/c13-12(16)9-15(10-3-1-2-4-10)8-11-7-14-5-6-17-11/h10-11,14H,1-9H2,(H2,13,16). The highest BCUT2D eigenvalue weighted by molar-refractivity contribution is 5.75. The largest absolute Gasteiger partial charge is 0.374 e. The molecule has 1 saturated carbocycles. The van der Waals surface area contributed by atoms with Gasteiger partial charge in [-0.2, -0.15) is 0 Å². The molecule has 0 spiro atoms. The summed E-state index contributed by atoms with van der Waals surface area (Å²) in [7, 11) is 0. The van der Waals surface area contributed by atoms with E-state index in [9.17, 15) is 4.79 Å². The molecule has 1 unspecified atom stereocenters. The van der Waals surface area contributed by atoms with Crippen LogP contribution >= 0.6 is 0 Å². The first kappa shape index (κ1) is 12.8. The van der Waals surface area contributed by atoms with Crippen LogP contribution in [0.15, 0.2) is 0 Å². The molecule has 0 bridgehead atoms. The Bertz CT molecular complexity index is 248. The van der Waals surface area contributed by atoms with E-state index in [1.807, 2.05) is 0 Å². The fourth-order valence-corrected chi connectivity index (χ4v) is 2.81. The molecule has 0 aromatic carbocycles. The molecule has 0 aromatic rings. The maximum absolute atomic E-state index is 11.1. The zero-order valence-corrected chi connectivity index (χ0v) is 10.4. The number of nitrogens with two attached hydrogens (primary N) is 1. The molecule has 1 aliphatic heterocycles. The van der Waals surface area contributed by atoms with Crippen molar-refractivity contribution in [2.45, 2.75) is 37.8 Å². The third kappa shape index (κ3) is 3.94. The lowest BCUT2D eigenvalue weighted by atomic mass is 10.1. The van der Waals surface area contributed by atoms with Crippen LogP contribution in [0.5, 0.6) is 0 Å². The minimum atomic E-state index is -0.235. The van der Waals surface area contributed by atoms with Crippen LogP contribution in [0.25, 0.3) is 0 Å². The molecule has 0 aromatic heterocycles. The number of carbonyl (C=O) groups is 1. The lowest BCUT2D eigenvalue weighted by Gasteiger charge is -2.33. The number of morpholine rings is 1. The second kappa shape index (κ2) is 6.33. The Balaban J connectivity index is 1.86. The van der Waals surface area contributed by atoms with Gasteiger partial charge in [0.1, 0.15) is 0 Å². The summed E-state index contributed by atoms with van der Waals surface area (Å²) in [5.41, 5.74) is 5.33. The number of nitrogens with zero attached hydrogens (tertiary/aromatic N) is 1. The number of amides is 1. The quantitative estimate of drug-likeness (QED) is 0.694. The number of ether oxygens (including phenoxy) is 1. The van der Waals surface area contributed by atoms with Crippen molar-refractivity contribution in [3.63, 3.8) is 0 Å². The number of hydrogen-bond donors (Lipinski definition) is 2. The summed E-state index contributed by atoms with van der Waals surface area (Å²) < 4.78 is 5.69. The molecule has 3 N–H and O–H groups in total. The summed E-state index contributed by atoms with van der Waals surface area (Å²) in [5.74, 6) is -0.235. The van der Waals surface area contributed by atoms with Crippen molar-refractivity contribution in [2.24, 2.45) is 5.73 Å². The SMILES string of the molecule is NC(=O)CN(CC1CNCCO1)C1CCCC1. The van der Waals surface area contributed by atoms with Gasteiger partial charge >= 0.3 is 0 Å². The highest BCUT2D eigenvalue weighted by Gasteiger charge is 2.27. The Morgan fingerprint density at radius 3 is 2.76 bits per heavy atom. The van der Waals surface area contributed by atoms with Crippen LogP contribution in [-0.4, -0.2) is 55.7 Å². The summed E-state index contributed by atoms with van der Waals surface area (Å²) in [6, 6.07) is 0.521. The van der Waals surface area contributed by atoms with E-state index in [1.54, 1.807) is 0 Å². The van der Waals surface area contributed by atoms with Crippen molar-refractivity contribution in [3.05, 3.63) is 0 Å². The molecule has 98 valence electrons. The van der Waals surface area contributed by atoms with Crippen LogP contribution in [0.1, 0.15) is 25.7 Å². The lowest BCUT2D eigenvalue weighted by molar-refractivity contribution is -0.120. The molecule has 2 aliphatic rings. The predicted molar refractivity (Wildman–Crippen MR) is 65.6 cm³/mol. The summed E-state index contributed by atoms with van der Waals surface area (Å²) in [5, 5.41) is 3.32. The van der Waals surface area contributed by atoms with Gasteiger partial charge in [0.2, 0.25) is 5.91 Å². The van der Waals surface area contributed by atoms with Crippen LogP contribution in [0.4, 0.5) is 0 Å². The summed E-state index contributed by atoms with van der Waals surface area (Å²) >= 11 is 0. The minimum Gasteiger partial charge on any atom is -0.374 e. The van der Waals surface area contributed by atoms with Gasteiger partial charge in [-0.1, -0.05) is 12.8 Å². The van der Waals surface area contributed by atoms with E-state index >= 15 is 0 Å². The van der Waals surface area contributed by atoms with Crippen molar-refractivity contribution in [1.82, 2.24) is 10.2 Å². The van der Waals surface area contributed by atoms with Gasteiger partial charge in [-0.25, -0.2) is 0 Å². The van der Waals surface area contributed by atoms with Crippen LogP contribution in [-0.2, 0) is 9.53 Å². The average Bonchev–Trinajstić information content (AvgIpc) is 2.82. The Labute approximate surface area is 103 Å². The number of primary amides is 1. The van der Waals surface area contributed by atoms with E-state index in [0.717, 1.165) is 26.2 Å². The molecule has 17 heavy (non-hydrogen) atoms. The first-order valence-electron chi connectivity index (χ1n) is 6.60. The van der Waals surface area contributed by atoms with Crippen LogP contribution in [0, 0.1) is 0 Å². The van der Waals surface area contributed by atoms with Gasteiger partial charge in [-0.3, -0.25) is 9.69 Å². The number of hydrogen-bond acceptors (Lipinski definition) is 4. The average molecular weight is 241 g/mol. The lowest BCUT2D eigenvalue weighted by Crippen LogP contribution is -2.49. The fraction of sp³-hybridized carbons (Fsp3) is 0.917. The Kier molecular flexibility index (Phi) is 4.76. The third-order valence-corrected chi connectivity index (χ3v) is 3.64. The van der Waals surface area contributed by atoms with Crippen LogP contribution in [0.2, 0.25) is 0 Å². The number of rotatable bonds is 5. The molecule has 1 amide bonds. The van der Waals surface area contributed by atoms with Crippen molar-refractivity contribution >= 4 is 5.91 Å². The van der Waals surface area contributed by atoms with Crippen molar-refractivity contribution < 1.29 is 9.53 Å². The second-order valence-corrected chi connectivity index (χ2v) is 5.03. The zero-order chi connectivity index (χ0) is 12.1. The molecule has 5 heteroatoms. The minimum absolute atomic E-state index is 0.198. The summed E-state index contributed by atoms with van der Waals surface area (Å²) in [6.07, 6.45) is 5.11. The number of carbonyl (C=O) groups excluding carboxylic acids is 1. The Hall–Kier alpha value is -0.650. The smallest absolute Gasteiger partial charge is 0.231 e. The van der Waals surface area contributed by atoms with Gasteiger partial charge in [-0.05, 0) is 12.8 Å². The maximum Gasteiger partial charge on any atom is 0.231 e. The molecule has 1 heterocycles. The Morgan fingerprint density at radius 1 is 1.41 bits per heavy atom. The van der Waals surface area contributed by atoms with Gasteiger partial charge in [0.25, 0.3) is 0 Å². The molecule has 5 nitrogen and oxygen atoms in total. The van der Waals surface area contributed by atoms with E-state index in [4.69, 9.17) is 10.5 Å². The van der Waals surface area contributed by atoms with Gasteiger partial charge in [0, 0.05) is 25.7 Å². The maximum atomic E-state index is 11.1. The predicted octanol–water partition coefficient (Wildman–Crippen LogP) is -0.295. The fourth-order valence-electron chi connectivity index (χ4n) is 2.81. The molecular weight excluding hydrogens is 218 g/mol. The second-order valence-electron chi connectivity index (χ2n) is 5.03. The first-order chi connectivity index (χ1) is 8.25. The highest BCUT2D eigenvalue weighted by atomic mass is 16.5. The molecule has 2 fully saturated rings. The molecule has 0 radical (unpaired) electrons. The molecule has 1 atom stereocenters. The normalized spacial score (nSPS) is 26.5. The van der Waals surface area contributed by atoms with Gasteiger partial charge in [-0.15, -0.1) is 0 Å². The summed E-state index contributed by atoms with van der Waals surface area (Å²) in [4.78, 5) is 13.3. The van der Waals surface area contributed by atoms with Crippen molar-refractivity contribution in [1.29, 1.82) is 0 Å². The highest BCUT2D eigenvalue weighted by Crippen LogP contribution is 2.23. The molecular formula is C12H23N3O2. The van der Waals surface area contributed by atoms with Crippen molar-refractivity contribution in [2.75, 3.05) is 32.8 Å². The van der Waals surface area contributed by atoms with E-state index in [0.29, 0.717) is 12.6 Å². The van der Waals surface area contributed by atoms with Crippen molar-refractivity contribution in [3.8, 4) is 0 Å². The van der Waals surface area contributed by atoms with E-state index in [-0.39, 0.29) is 12.0 Å². The van der Waals surface area contributed by atoms with Gasteiger partial charge in [0.15, 0.2) is 0 Å². The van der Waals surface area contributed by atoms with Gasteiger partial charge < -0.3 is 15.8 Å². The van der Waals surface area contributed by atoms with Crippen LogP contribution in [0.3, 0.4) is 0 Å². The third-order valence-electron chi connectivity index (χ3n) is 3.64. The molecule has 2 rings (SSSR count). The summed E-state index contributed by atoms with van der Waals surface area (Å²) in [6.45, 7) is 3.75. The molecule has 1 saturated heterocycles. The topological polar surface area (TPSA) is 67.6 Å². The molecule has 1 aliphatic carbocycles. The van der Waals surface area contributed by atoms with E-state index < -0.39 is 0 Å². The zero-order valence-electron chi connectivity index (χ0n) is 10.4. The van der Waals surface area contributed by atoms with Crippen LogP contribution < -0.4 is 11.1 Å². The first-order valence-corrected chi connectivity index (χ1v) is 6.60.